The summed E-state index contributed by atoms with van der Waals surface area (Å²) in [5.74, 6) is -1.31. The molecule has 9 heteroatoms. The van der Waals surface area contributed by atoms with Crippen molar-refractivity contribution in [2.45, 2.75) is 28.1 Å². The molecule has 2 amide bonds. The third kappa shape index (κ3) is 4.53. The number of rotatable bonds is 7. The molecule has 0 saturated carbocycles. The minimum Gasteiger partial charge on any atom is -0.477 e. The van der Waals surface area contributed by atoms with E-state index < -0.39 is 17.4 Å². The number of alkyl halides is 1. The van der Waals surface area contributed by atoms with E-state index in [2.05, 4.69) is 21.2 Å². The van der Waals surface area contributed by atoms with Crippen LogP contribution in [0.3, 0.4) is 0 Å². The van der Waals surface area contributed by atoms with Gasteiger partial charge in [0.1, 0.15) is 17.1 Å². The van der Waals surface area contributed by atoms with E-state index in [1.807, 2.05) is 54.6 Å². The van der Waals surface area contributed by atoms with Crippen LogP contribution in [0.4, 0.5) is 0 Å². The second-order valence-electron chi connectivity index (χ2n) is 7.04. The molecule has 0 spiro atoms. The largest absolute Gasteiger partial charge is 0.477 e. The minimum atomic E-state index is -1.13. The number of benzene rings is 2. The molecule has 0 aromatic heterocycles. The molecule has 6 nitrogen and oxygen atoms in total. The standard InChI is InChI=1S/C22H19BrN2O4S2/c23-11-14-8-4-5-9-15(14)31-16-12-30-21-18(20(27)25(21)19(16)22(28)29)24-17(26)10-13-6-2-1-3-7-13/h1-9,18,21H,10-12H2,(H,24,26)(H,28,29)/t18-,21-/m1/s1. The Balaban J connectivity index is 1.50. The van der Waals surface area contributed by atoms with Gasteiger partial charge in [-0.1, -0.05) is 76.2 Å². The average Bonchev–Trinajstić information content (AvgIpc) is 2.78. The normalized spacial score (nSPS) is 20.2. The summed E-state index contributed by atoms with van der Waals surface area (Å²) in [6.45, 7) is 0. The van der Waals surface area contributed by atoms with Gasteiger partial charge in [-0.3, -0.25) is 14.5 Å². The maximum absolute atomic E-state index is 12.8. The summed E-state index contributed by atoms with van der Waals surface area (Å²) in [5.41, 5.74) is 1.92. The molecular formula is C22H19BrN2O4S2. The van der Waals surface area contributed by atoms with Gasteiger partial charge in [0.2, 0.25) is 5.91 Å². The maximum Gasteiger partial charge on any atom is 0.353 e. The van der Waals surface area contributed by atoms with Gasteiger partial charge < -0.3 is 10.4 Å². The fourth-order valence-electron chi connectivity index (χ4n) is 3.52. The Morgan fingerprint density at radius 3 is 2.58 bits per heavy atom. The van der Waals surface area contributed by atoms with Crippen molar-refractivity contribution < 1.29 is 19.5 Å². The summed E-state index contributed by atoms with van der Waals surface area (Å²) >= 11 is 6.31. The first-order valence-corrected chi connectivity index (χ1v) is 12.5. The second kappa shape index (κ2) is 9.50. The quantitative estimate of drug-likeness (QED) is 0.430. The van der Waals surface area contributed by atoms with Crippen molar-refractivity contribution in [3.8, 4) is 0 Å². The monoisotopic (exact) mass is 518 g/mol. The van der Waals surface area contributed by atoms with Gasteiger partial charge in [0.05, 0.1) is 6.42 Å². The van der Waals surface area contributed by atoms with Crippen LogP contribution in [0.5, 0.6) is 0 Å². The number of hydrogen-bond donors (Lipinski definition) is 2. The number of carbonyl (C=O) groups excluding carboxylic acids is 2. The zero-order chi connectivity index (χ0) is 22.0. The average molecular weight is 519 g/mol. The molecule has 2 aromatic carbocycles. The van der Waals surface area contributed by atoms with Crippen LogP contribution in [0, 0.1) is 0 Å². The van der Waals surface area contributed by atoms with Crippen LogP contribution < -0.4 is 5.32 Å². The van der Waals surface area contributed by atoms with E-state index in [1.165, 1.54) is 28.4 Å². The number of hydrogen-bond acceptors (Lipinski definition) is 5. The predicted octanol–water partition coefficient (Wildman–Crippen LogP) is 3.61. The fraction of sp³-hybridized carbons (Fsp3) is 0.227. The zero-order valence-corrected chi connectivity index (χ0v) is 19.5. The molecule has 31 heavy (non-hydrogen) atoms. The molecule has 1 saturated heterocycles. The molecule has 2 aromatic rings. The molecule has 0 unspecified atom stereocenters. The minimum absolute atomic E-state index is 0.0108. The summed E-state index contributed by atoms with van der Waals surface area (Å²) < 4.78 is 0. The molecular weight excluding hydrogens is 500 g/mol. The highest BCUT2D eigenvalue weighted by Crippen LogP contribution is 2.45. The Hall–Kier alpha value is -2.23. The second-order valence-corrected chi connectivity index (χ2v) is 9.84. The number of amides is 2. The van der Waals surface area contributed by atoms with E-state index in [-0.39, 0.29) is 23.9 Å². The lowest BCUT2D eigenvalue weighted by atomic mass is 10.0. The van der Waals surface area contributed by atoms with E-state index in [9.17, 15) is 19.5 Å². The Bertz CT molecular complexity index is 1060. The highest BCUT2D eigenvalue weighted by Gasteiger charge is 2.54. The van der Waals surface area contributed by atoms with Gasteiger partial charge in [0.25, 0.3) is 5.91 Å². The van der Waals surface area contributed by atoms with E-state index >= 15 is 0 Å². The number of thioether (sulfide) groups is 2. The molecule has 4 rings (SSSR count). The van der Waals surface area contributed by atoms with Crippen molar-refractivity contribution in [2.24, 2.45) is 0 Å². The highest BCUT2D eigenvalue weighted by molar-refractivity contribution is 9.08. The van der Waals surface area contributed by atoms with Crippen LogP contribution in [0.15, 0.2) is 70.1 Å². The van der Waals surface area contributed by atoms with Crippen LogP contribution in [0.2, 0.25) is 0 Å². The number of β-lactam (4-membered cyclic amide) rings is 1. The number of nitrogens with zero attached hydrogens (tertiary/aromatic N) is 1. The van der Waals surface area contributed by atoms with Crippen molar-refractivity contribution in [1.82, 2.24) is 10.2 Å². The van der Waals surface area contributed by atoms with Crippen LogP contribution in [-0.4, -0.2) is 45.0 Å². The highest BCUT2D eigenvalue weighted by atomic mass is 79.9. The van der Waals surface area contributed by atoms with Crippen molar-refractivity contribution in [3.05, 3.63) is 76.3 Å². The molecule has 2 N–H and O–H groups in total. The van der Waals surface area contributed by atoms with E-state index in [0.29, 0.717) is 16.0 Å². The van der Waals surface area contributed by atoms with Crippen LogP contribution >= 0.6 is 39.5 Å². The summed E-state index contributed by atoms with van der Waals surface area (Å²) in [4.78, 5) is 40.1. The lowest BCUT2D eigenvalue weighted by molar-refractivity contribution is -0.150. The number of nitrogens with one attached hydrogen (secondary N) is 1. The maximum atomic E-state index is 12.8. The van der Waals surface area contributed by atoms with Gasteiger partial charge in [-0.2, -0.15) is 0 Å². The van der Waals surface area contributed by atoms with Crippen LogP contribution in [0.25, 0.3) is 0 Å². The third-order valence-electron chi connectivity index (χ3n) is 5.01. The first-order valence-electron chi connectivity index (χ1n) is 9.55. The molecule has 0 bridgehead atoms. The lowest BCUT2D eigenvalue weighted by Crippen LogP contribution is -2.70. The van der Waals surface area contributed by atoms with Crippen molar-refractivity contribution in [1.29, 1.82) is 0 Å². The van der Waals surface area contributed by atoms with Gasteiger partial charge in [0, 0.05) is 20.9 Å². The topological polar surface area (TPSA) is 86.7 Å². The first kappa shape index (κ1) is 22.0. The molecule has 160 valence electrons. The van der Waals surface area contributed by atoms with Gasteiger partial charge in [0.15, 0.2) is 0 Å². The zero-order valence-electron chi connectivity index (χ0n) is 16.3. The van der Waals surface area contributed by atoms with Gasteiger partial charge in [-0.25, -0.2) is 4.79 Å². The number of fused-ring (bicyclic) bond motifs is 1. The van der Waals surface area contributed by atoms with Gasteiger partial charge in [-0.05, 0) is 17.2 Å². The molecule has 1 fully saturated rings. The third-order valence-corrected chi connectivity index (χ3v) is 8.28. The molecule has 2 atom stereocenters. The smallest absolute Gasteiger partial charge is 0.353 e. The van der Waals surface area contributed by atoms with Crippen LogP contribution in [-0.2, 0) is 26.1 Å². The summed E-state index contributed by atoms with van der Waals surface area (Å²) in [6.07, 6.45) is 0.175. The first-order chi connectivity index (χ1) is 15.0. The van der Waals surface area contributed by atoms with E-state index in [1.54, 1.807) is 0 Å². The molecule has 0 radical (unpaired) electrons. The van der Waals surface area contributed by atoms with Crippen molar-refractivity contribution in [2.75, 3.05) is 5.75 Å². The number of carboxylic acid groups (broad SMARTS) is 1. The van der Waals surface area contributed by atoms with Gasteiger partial charge >= 0.3 is 5.97 Å². The number of carbonyl (C=O) groups is 3. The molecule has 2 heterocycles. The lowest BCUT2D eigenvalue weighted by Gasteiger charge is -2.49. The molecule has 0 aliphatic carbocycles. The number of halogens is 1. The molecule has 2 aliphatic heterocycles. The van der Waals surface area contributed by atoms with Crippen molar-refractivity contribution >= 4 is 57.2 Å². The SMILES string of the molecule is O=C(Cc1ccccc1)N[C@@H]1C(=O)N2C(C(=O)O)=C(Sc3ccccc3CBr)CS[C@H]12. The molecule has 2 aliphatic rings. The van der Waals surface area contributed by atoms with Gasteiger partial charge in [-0.15, -0.1) is 11.8 Å². The van der Waals surface area contributed by atoms with Crippen LogP contribution in [0.1, 0.15) is 11.1 Å². The van der Waals surface area contributed by atoms with E-state index in [4.69, 9.17) is 0 Å². The Morgan fingerprint density at radius 2 is 1.87 bits per heavy atom. The van der Waals surface area contributed by atoms with E-state index in [0.717, 1.165) is 16.0 Å². The number of carboxylic acids is 1. The summed E-state index contributed by atoms with van der Waals surface area (Å²) in [7, 11) is 0. The van der Waals surface area contributed by atoms with Crippen molar-refractivity contribution in [3.63, 3.8) is 0 Å². The predicted molar refractivity (Wildman–Crippen MR) is 125 cm³/mol. The Kier molecular flexibility index (Phi) is 6.74. The Morgan fingerprint density at radius 1 is 1.16 bits per heavy atom. The number of aliphatic carboxylic acids is 1. The Labute approximate surface area is 196 Å². The summed E-state index contributed by atoms with van der Waals surface area (Å²) in [5, 5.41) is 12.9. The fourth-order valence-corrected chi connectivity index (χ4v) is 6.80. The summed E-state index contributed by atoms with van der Waals surface area (Å²) in [6, 6.07) is 16.3.